The van der Waals surface area contributed by atoms with Crippen molar-refractivity contribution in [2.24, 2.45) is 0 Å². The minimum atomic E-state index is -0.316. The van der Waals surface area contributed by atoms with Gasteiger partial charge in [0, 0.05) is 10.9 Å². The number of aromatic nitrogens is 1. The molecule has 1 amide bonds. The van der Waals surface area contributed by atoms with Crippen molar-refractivity contribution in [3.05, 3.63) is 63.6 Å². The molecular formula is C15H12N2O4S. The smallest absolute Gasteiger partial charge is 0.273 e. The molecule has 0 fully saturated rings. The van der Waals surface area contributed by atoms with Crippen molar-refractivity contribution < 1.29 is 18.5 Å². The van der Waals surface area contributed by atoms with Crippen molar-refractivity contribution in [3.8, 4) is 0 Å². The van der Waals surface area contributed by atoms with E-state index in [0.717, 1.165) is 4.88 Å². The highest BCUT2D eigenvalue weighted by Crippen LogP contribution is 2.20. The summed E-state index contributed by atoms with van der Waals surface area (Å²) < 4.78 is 9.94. The van der Waals surface area contributed by atoms with Gasteiger partial charge in [0.05, 0.1) is 17.7 Å². The highest BCUT2D eigenvalue weighted by Gasteiger charge is 2.15. The Morgan fingerprint density at radius 2 is 2.18 bits per heavy atom. The number of thiophene rings is 1. The first kappa shape index (κ1) is 14.3. The Bertz CT molecular complexity index is 801. The van der Waals surface area contributed by atoms with Crippen molar-refractivity contribution in [2.45, 2.75) is 13.5 Å². The van der Waals surface area contributed by atoms with Gasteiger partial charge in [0.1, 0.15) is 5.76 Å². The average molecular weight is 316 g/mol. The molecule has 7 heteroatoms. The maximum absolute atomic E-state index is 12.1. The average Bonchev–Trinajstić information content (AvgIpc) is 3.25. The zero-order valence-electron chi connectivity index (χ0n) is 11.7. The van der Waals surface area contributed by atoms with Crippen molar-refractivity contribution in [1.29, 1.82) is 0 Å². The molecule has 0 unspecified atom stereocenters. The van der Waals surface area contributed by atoms with Gasteiger partial charge in [0.2, 0.25) is 5.78 Å². The second kappa shape index (κ2) is 5.98. The second-order valence-corrected chi connectivity index (χ2v) is 5.75. The van der Waals surface area contributed by atoms with Crippen LogP contribution in [0.2, 0.25) is 0 Å². The summed E-state index contributed by atoms with van der Waals surface area (Å²) in [6.07, 6.45) is 1.46. The van der Waals surface area contributed by atoms with Gasteiger partial charge < -0.3 is 14.3 Å². The zero-order chi connectivity index (χ0) is 15.5. The van der Waals surface area contributed by atoms with E-state index in [1.807, 2.05) is 0 Å². The largest absolute Gasteiger partial charge is 0.461 e. The molecule has 112 valence electrons. The Morgan fingerprint density at radius 1 is 1.32 bits per heavy atom. The molecular weight excluding hydrogens is 304 g/mol. The highest BCUT2D eigenvalue weighted by molar-refractivity contribution is 7.14. The maximum Gasteiger partial charge on any atom is 0.273 e. The first-order valence-electron chi connectivity index (χ1n) is 6.52. The normalized spacial score (nSPS) is 10.6. The number of nitrogens with one attached hydrogen (secondary N) is 1. The van der Waals surface area contributed by atoms with Crippen LogP contribution >= 0.6 is 11.3 Å². The standard InChI is InChI=1S/C15H12N2O4S/c1-9-7-11(17-21-9)15(19)16-8-10-4-5-13(22-10)14(18)12-3-2-6-20-12/h2-7H,8H2,1H3,(H,16,19). The van der Waals surface area contributed by atoms with Crippen LogP contribution in [0.5, 0.6) is 0 Å². The van der Waals surface area contributed by atoms with Gasteiger partial charge in [0.25, 0.3) is 5.91 Å². The molecule has 6 nitrogen and oxygen atoms in total. The van der Waals surface area contributed by atoms with Gasteiger partial charge in [-0.05, 0) is 31.2 Å². The third-order valence-corrected chi connectivity index (χ3v) is 4.00. The fourth-order valence-electron chi connectivity index (χ4n) is 1.86. The molecule has 0 aliphatic carbocycles. The first-order valence-corrected chi connectivity index (χ1v) is 7.33. The third kappa shape index (κ3) is 2.99. The predicted octanol–water partition coefficient (Wildman–Crippen LogP) is 2.80. The summed E-state index contributed by atoms with van der Waals surface area (Å²) in [6, 6.07) is 8.38. The summed E-state index contributed by atoms with van der Waals surface area (Å²) in [4.78, 5) is 25.4. The molecule has 0 saturated heterocycles. The molecule has 0 aliphatic rings. The Balaban J connectivity index is 1.62. The van der Waals surface area contributed by atoms with Crippen molar-refractivity contribution >= 4 is 23.0 Å². The SMILES string of the molecule is Cc1cc(C(=O)NCc2ccc(C(=O)c3ccco3)s2)no1. The number of furan rings is 1. The quantitative estimate of drug-likeness (QED) is 0.732. The molecule has 0 atom stereocenters. The summed E-state index contributed by atoms with van der Waals surface area (Å²) in [6.45, 7) is 2.04. The van der Waals surface area contributed by atoms with E-state index in [1.54, 1.807) is 37.3 Å². The molecule has 3 rings (SSSR count). The number of nitrogens with zero attached hydrogens (tertiary/aromatic N) is 1. The molecule has 0 aliphatic heterocycles. The van der Waals surface area contributed by atoms with Crippen LogP contribution in [0.4, 0.5) is 0 Å². The van der Waals surface area contributed by atoms with Crippen LogP contribution < -0.4 is 5.32 Å². The van der Waals surface area contributed by atoms with Gasteiger partial charge in [-0.25, -0.2) is 0 Å². The van der Waals surface area contributed by atoms with E-state index in [4.69, 9.17) is 8.94 Å². The van der Waals surface area contributed by atoms with E-state index in [-0.39, 0.29) is 17.4 Å². The lowest BCUT2D eigenvalue weighted by molar-refractivity contribution is 0.0941. The minimum absolute atomic E-state index is 0.167. The van der Waals surface area contributed by atoms with Gasteiger partial charge in [-0.1, -0.05) is 5.16 Å². The molecule has 0 bridgehead atoms. The van der Waals surface area contributed by atoms with Crippen molar-refractivity contribution in [2.75, 3.05) is 0 Å². The van der Waals surface area contributed by atoms with Crippen LogP contribution in [0.1, 0.15) is 36.6 Å². The van der Waals surface area contributed by atoms with Gasteiger partial charge in [0.15, 0.2) is 11.5 Å². The Kier molecular flexibility index (Phi) is 3.88. The molecule has 0 aromatic carbocycles. The Morgan fingerprint density at radius 3 is 2.86 bits per heavy atom. The predicted molar refractivity (Wildman–Crippen MR) is 78.9 cm³/mol. The van der Waals surface area contributed by atoms with Gasteiger partial charge in [-0.15, -0.1) is 11.3 Å². The molecule has 3 heterocycles. The molecule has 3 aromatic rings. The van der Waals surface area contributed by atoms with Crippen LogP contribution in [0.3, 0.4) is 0 Å². The van der Waals surface area contributed by atoms with Crippen LogP contribution in [0, 0.1) is 6.92 Å². The Labute approximate surface area is 129 Å². The number of ketones is 1. The van der Waals surface area contributed by atoms with E-state index < -0.39 is 0 Å². The van der Waals surface area contributed by atoms with E-state index >= 15 is 0 Å². The van der Waals surface area contributed by atoms with Gasteiger partial charge in [-0.3, -0.25) is 9.59 Å². The Hall–Kier alpha value is -2.67. The molecule has 0 saturated carbocycles. The van der Waals surface area contributed by atoms with Crippen LogP contribution in [0.15, 0.2) is 45.5 Å². The van der Waals surface area contributed by atoms with Gasteiger partial charge >= 0.3 is 0 Å². The molecule has 0 spiro atoms. The summed E-state index contributed by atoms with van der Waals surface area (Å²) in [5.41, 5.74) is 0.237. The number of rotatable bonds is 5. The number of amides is 1. The van der Waals surface area contributed by atoms with E-state index in [9.17, 15) is 9.59 Å². The number of aryl methyl sites for hydroxylation is 1. The van der Waals surface area contributed by atoms with Crippen LogP contribution in [0.25, 0.3) is 0 Å². The van der Waals surface area contributed by atoms with Crippen molar-refractivity contribution in [3.63, 3.8) is 0 Å². The second-order valence-electron chi connectivity index (χ2n) is 4.58. The molecule has 0 radical (unpaired) electrons. The number of hydrogen-bond acceptors (Lipinski definition) is 6. The fraction of sp³-hybridized carbons (Fsp3) is 0.133. The third-order valence-electron chi connectivity index (χ3n) is 2.91. The van der Waals surface area contributed by atoms with E-state index in [0.29, 0.717) is 22.9 Å². The summed E-state index contributed by atoms with van der Waals surface area (Å²) in [5, 5.41) is 6.37. The number of carbonyl (C=O) groups excluding carboxylic acids is 2. The minimum Gasteiger partial charge on any atom is -0.461 e. The van der Waals surface area contributed by atoms with E-state index in [2.05, 4.69) is 10.5 Å². The summed E-state index contributed by atoms with van der Waals surface area (Å²) >= 11 is 1.31. The lowest BCUT2D eigenvalue weighted by Crippen LogP contribution is -2.22. The van der Waals surface area contributed by atoms with E-state index in [1.165, 1.54) is 17.6 Å². The van der Waals surface area contributed by atoms with Crippen LogP contribution in [-0.2, 0) is 6.54 Å². The zero-order valence-corrected chi connectivity index (χ0v) is 12.5. The number of carbonyl (C=O) groups is 2. The monoisotopic (exact) mass is 316 g/mol. The fourth-order valence-corrected chi connectivity index (χ4v) is 2.75. The van der Waals surface area contributed by atoms with Crippen LogP contribution in [-0.4, -0.2) is 16.8 Å². The molecule has 1 N–H and O–H groups in total. The topological polar surface area (TPSA) is 85.3 Å². The van der Waals surface area contributed by atoms with Crippen molar-refractivity contribution in [1.82, 2.24) is 10.5 Å². The lowest BCUT2D eigenvalue weighted by atomic mass is 10.2. The maximum atomic E-state index is 12.1. The molecule has 22 heavy (non-hydrogen) atoms. The highest BCUT2D eigenvalue weighted by atomic mass is 32.1. The first-order chi connectivity index (χ1) is 10.6. The van der Waals surface area contributed by atoms with Gasteiger partial charge in [-0.2, -0.15) is 0 Å². The molecule has 3 aromatic heterocycles. The summed E-state index contributed by atoms with van der Waals surface area (Å²) in [7, 11) is 0. The lowest BCUT2D eigenvalue weighted by Gasteiger charge is -1.99. The number of hydrogen-bond donors (Lipinski definition) is 1. The summed E-state index contributed by atoms with van der Waals surface area (Å²) in [5.74, 6) is 0.395.